The highest BCUT2D eigenvalue weighted by Crippen LogP contribution is 2.44. The predicted octanol–water partition coefficient (Wildman–Crippen LogP) is 1.53. The second-order valence-corrected chi connectivity index (χ2v) is 5.34. The summed E-state index contributed by atoms with van der Waals surface area (Å²) in [6, 6.07) is 4.41. The van der Waals surface area contributed by atoms with E-state index < -0.39 is 29.2 Å². The number of benzene rings is 1. The van der Waals surface area contributed by atoms with Gasteiger partial charge in [0.25, 0.3) is 0 Å². The molecule has 1 aliphatic rings. The van der Waals surface area contributed by atoms with Gasteiger partial charge in [0, 0.05) is 12.0 Å². The third-order valence-electron chi connectivity index (χ3n) is 3.60. The Morgan fingerprint density at radius 3 is 2.36 bits per heavy atom. The Morgan fingerprint density at radius 1 is 1.18 bits per heavy atom. The number of anilines is 1. The monoisotopic (exact) mass is 316 g/mol. The molecule has 0 heterocycles. The highest BCUT2D eigenvalue weighted by molar-refractivity contribution is 6.39. The molecule has 0 spiro atoms. The largest absolute Gasteiger partial charge is 0.418 e. The van der Waals surface area contributed by atoms with Gasteiger partial charge >= 0.3 is 18.0 Å². The van der Waals surface area contributed by atoms with Crippen molar-refractivity contribution in [1.29, 1.82) is 0 Å². The molecule has 0 aromatic heterocycles. The first-order valence-corrected chi connectivity index (χ1v) is 6.64. The first-order valence-electron chi connectivity index (χ1n) is 6.64. The van der Waals surface area contributed by atoms with Gasteiger partial charge < -0.3 is 15.7 Å². The number of amides is 2. The minimum Gasteiger partial charge on any atom is -0.396 e. The number of aliphatic hydroxyl groups is 1. The smallest absolute Gasteiger partial charge is 0.396 e. The van der Waals surface area contributed by atoms with E-state index in [1.165, 1.54) is 12.1 Å². The van der Waals surface area contributed by atoms with Crippen LogP contribution in [0.15, 0.2) is 24.3 Å². The fourth-order valence-electron chi connectivity index (χ4n) is 1.93. The van der Waals surface area contributed by atoms with Crippen LogP contribution in [0.2, 0.25) is 0 Å². The predicted molar refractivity (Wildman–Crippen MR) is 71.8 cm³/mol. The lowest BCUT2D eigenvalue weighted by molar-refractivity contribution is -0.138. The van der Waals surface area contributed by atoms with Gasteiger partial charge in [0.2, 0.25) is 0 Å². The van der Waals surface area contributed by atoms with Crippen LogP contribution in [0.5, 0.6) is 0 Å². The molecule has 0 aliphatic heterocycles. The fourth-order valence-corrected chi connectivity index (χ4v) is 1.93. The van der Waals surface area contributed by atoms with Gasteiger partial charge in [0.15, 0.2) is 0 Å². The zero-order valence-electron chi connectivity index (χ0n) is 11.5. The molecule has 0 radical (unpaired) electrons. The quantitative estimate of drug-likeness (QED) is 0.737. The molecule has 1 aromatic rings. The van der Waals surface area contributed by atoms with Gasteiger partial charge in [-0.15, -0.1) is 0 Å². The van der Waals surface area contributed by atoms with Gasteiger partial charge in [-0.1, -0.05) is 12.1 Å². The molecule has 1 aromatic carbocycles. The number of hydrogen-bond donors (Lipinski definition) is 3. The van der Waals surface area contributed by atoms with Crippen LogP contribution in [-0.2, 0) is 15.8 Å². The highest BCUT2D eigenvalue weighted by Gasteiger charge is 2.42. The van der Waals surface area contributed by atoms with Crippen molar-refractivity contribution in [3.05, 3.63) is 29.8 Å². The van der Waals surface area contributed by atoms with E-state index in [9.17, 15) is 22.8 Å². The van der Waals surface area contributed by atoms with Crippen LogP contribution >= 0.6 is 0 Å². The standard InChI is InChI=1S/C14H15F3N2O3/c15-14(16,17)9-3-1-2-4-10(9)19-12(22)11(21)18-7-13(8-20)5-6-13/h1-4,20H,5-8H2,(H,18,21)(H,19,22). The third-order valence-corrected chi connectivity index (χ3v) is 3.60. The van der Waals surface area contributed by atoms with Crippen molar-refractivity contribution in [2.24, 2.45) is 5.41 Å². The van der Waals surface area contributed by atoms with Crippen LogP contribution in [0.3, 0.4) is 0 Å². The Bertz CT molecular complexity index is 583. The molecular formula is C14H15F3N2O3. The van der Waals surface area contributed by atoms with E-state index >= 15 is 0 Å². The van der Waals surface area contributed by atoms with Crippen LogP contribution in [-0.4, -0.2) is 30.1 Å². The topological polar surface area (TPSA) is 78.4 Å². The summed E-state index contributed by atoms with van der Waals surface area (Å²) in [6.45, 7) is 0.0163. The zero-order chi connectivity index (χ0) is 16.4. The van der Waals surface area contributed by atoms with Crippen molar-refractivity contribution >= 4 is 17.5 Å². The lowest BCUT2D eigenvalue weighted by Gasteiger charge is -2.15. The molecule has 8 heteroatoms. The number of para-hydroxylation sites is 1. The van der Waals surface area contributed by atoms with Crippen LogP contribution in [0.25, 0.3) is 0 Å². The molecule has 0 unspecified atom stereocenters. The average molecular weight is 316 g/mol. The van der Waals surface area contributed by atoms with Crippen LogP contribution in [0.4, 0.5) is 18.9 Å². The fraction of sp³-hybridized carbons (Fsp3) is 0.429. The maximum atomic E-state index is 12.8. The molecule has 1 saturated carbocycles. The lowest BCUT2D eigenvalue weighted by atomic mass is 10.1. The summed E-state index contributed by atoms with van der Waals surface area (Å²) >= 11 is 0. The van der Waals surface area contributed by atoms with Gasteiger partial charge in [0.05, 0.1) is 17.9 Å². The van der Waals surface area contributed by atoms with Crippen molar-refractivity contribution in [2.45, 2.75) is 19.0 Å². The molecule has 5 nitrogen and oxygen atoms in total. The number of alkyl halides is 3. The summed E-state index contributed by atoms with van der Waals surface area (Å²) in [4.78, 5) is 23.3. The minimum atomic E-state index is -4.63. The number of halogens is 3. The Morgan fingerprint density at radius 2 is 1.82 bits per heavy atom. The number of carbonyl (C=O) groups is 2. The van der Waals surface area contributed by atoms with E-state index in [1.54, 1.807) is 0 Å². The third kappa shape index (κ3) is 3.76. The molecule has 22 heavy (non-hydrogen) atoms. The summed E-state index contributed by atoms with van der Waals surface area (Å²) in [5.41, 5.74) is -1.89. The van der Waals surface area contributed by atoms with E-state index in [0.717, 1.165) is 25.0 Å². The van der Waals surface area contributed by atoms with E-state index in [-0.39, 0.29) is 18.6 Å². The number of nitrogens with one attached hydrogen (secondary N) is 2. The summed E-state index contributed by atoms with van der Waals surface area (Å²) in [6.07, 6.45) is -3.15. The van der Waals surface area contributed by atoms with Crippen molar-refractivity contribution in [3.63, 3.8) is 0 Å². The Kier molecular flexibility index (Phi) is 4.41. The molecule has 0 atom stereocenters. The van der Waals surface area contributed by atoms with Crippen LogP contribution < -0.4 is 10.6 Å². The molecular weight excluding hydrogens is 301 g/mol. The summed E-state index contributed by atoms with van der Waals surface area (Å²) in [7, 11) is 0. The molecule has 3 N–H and O–H groups in total. The first-order chi connectivity index (χ1) is 10.3. The summed E-state index contributed by atoms with van der Waals surface area (Å²) in [5.74, 6) is -2.21. The molecule has 2 amide bonds. The van der Waals surface area contributed by atoms with Crippen LogP contribution in [0, 0.1) is 5.41 Å². The second kappa shape index (κ2) is 5.96. The number of rotatable bonds is 4. The number of carbonyl (C=O) groups excluding carboxylic acids is 2. The zero-order valence-corrected chi connectivity index (χ0v) is 11.5. The van der Waals surface area contributed by atoms with E-state index in [4.69, 9.17) is 5.11 Å². The van der Waals surface area contributed by atoms with Gasteiger partial charge in [-0.25, -0.2) is 0 Å². The van der Waals surface area contributed by atoms with Gasteiger partial charge in [-0.2, -0.15) is 13.2 Å². The van der Waals surface area contributed by atoms with E-state index in [2.05, 4.69) is 5.32 Å². The molecule has 0 bridgehead atoms. The van der Waals surface area contributed by atoms with Crippen molar-refractivity contribution < 1.29 is 27.9 Å². The highest BCUT2D eigenvalue weighted by atomic mass is 19.4. The van der Waals surface area contributed by atoms with Crippen molar-refractivity contribution in [3.8, 4) is 0 Å². The molecule has 1 aliphatic carbocycles. The Balaban J connectivity index is 1.98. The summed E-state index contributed by atoms with van der Waals surface area (Å²) < 4.78 is 38.3. The Labute approximate surface area is 124 Å². The molecule has 1 fully saturated rings. The number of aliphatic hydroxyl groups excluding tert-OH is 1. The Hall–Kier alpha value is -2.09. The van der Waals surface area contributed by atoms with Gasteiger partial charge in [0.1, 0.15) is 0 Å². The summed E-state index contributed by atoms with van der Waals surface area (Å²) in [5, 5.41) is 13.4. The van der Waals surface area contributed by atoms with Crippen molar-refractivity contribution in [2.75, 3.05) is 18.5 Å². The normalized spacial score (nSPS) is 16.0. The van der Waals surface area contributed by atoms with E-state index in [0.29, 0.717) is 0 Å². The SMILES string of the molecule is O=C(NCC1(CO)CC1)C(=O)Nc1ccccc1C(F)(F)F. The lowest BCUT2D eigenvalue weighted by Crippen LogP contribution is -2.39. The van der Waals surface area contributed by atoms with Gasteiger partial charge in [-0.3, -0.25) is 9.59 Å². The second-order valence-electron chi connectivity index (χ2n) is 5.34. The molecule has 0 saturated heterocycles. The van der Waals surface area contributed by atoms with Crippen LogP contribution in [0.1, 0.15) is 18.4 Å². The molecule has 2 rings (SSSR count). The number of hydrogen-bond acceptors (Lipinski definition) is 3. The molecule has 120 valence electrons. The van der Waals surface area contributed by atoms with E-state index in [1.807, 2.05) is 5.32 Å². The average Bonchev–Trinajstić information content (AvgIpc) is 3.25. The first kappa shape index (κ1) is 16.3. The maximum Gasteiger partial charge on any atom is 0.418 e. The van der Waals surface area contributed by atoms with Crippen molar-refractivity contribution in [1.82, 2.24) is 5.32 Å². The minimum absolute atomic E-state index is 0.105. The maximum absolute atomic E-state index is 12.8. The van der Waals surface area contributed by atoms with Gasteiger partial charge in [-0.05, 0) is 25.0 Å².